The van der Waals surface area contributed by atoms with Crippen LogP contribution in [0.25, 0.3) is 55.0 Å². The molecule has 2 unspecified atom stereocenters. The van der Waals surface area contributed by atoms with Crippen LogP contribution in [0.15, 0.2) is 186 Å². The summed E-state index contributed by atoms with van der Waals surface area (Å²) in [6.07, 6.45) is 6.49. The molecule has 1 aliphatic carbocycles. The van der Waals surface area contributed by atoms with Crippen molar-refractivity contribution in [3.8, 4) is 28.0 Å². The minimum atomic E-state index is -0.131. The molecule has 49 heavy (non-hydrogen) atoms. The third kappa shape index (κ3) is 4.51. The molecule has 10 rings (SSSR count). The molecule has 1 aromatic heterocycles. The fourth-order valence-corrected chi connectivity index (χ4v) is 7.81. The third-order valence-corrected chi connectivity index (χ3v) is 10.0. The van der Waals surface area contributed by atoms with Gasteiger partial charge in [0.1, 0.15) is 23.0 Å². The number of ether oxygens (including phenoxy) is 1. The number of rotatable bonds is 5. The van der Waals surface area contributed by atoms with Crippen LogP contribution >= 0.6 is 0 Å². The SMILES string of the molecule is C1=CC2Oc3cc(-c4ccccc4)c4ccccc4c3C2C(N(c2ccc(-c3ccccc3)cc2)c2ccc3oc4ccccc4c3c2)=C1. The van der Waals surface area contributed by atoms with Crippen LogP contribution in [-0.4, -0.2) is 6.10 Å². The van der Waals surface area contributed by atoms with Crippen LogP contribution < -0.4 is 9.64 Å². The molecule has 232 valence electrons. The van der Waals surface area contributed by atoms with Gasteiger partial charge in [-0.15, -0.1) is 0 Å². The van der Waals surface area contributed by atoms with Gasteiger partial charge in [0.2, 0.25) is 0 Å². The second kappa shape index (κ2) is 11.1. The van der Waals surface area contributed by atoms with E-state index in [1.165, 1.54) is 44.3 Å². The molecule has 0 radical (unpaired) electrons. The number of fused-ring (bicyclic) bond motifs is 8. The first-order chi connectivity index (χ1) is 24.3. The summed E-state index contributed by atoms with van der Waals surface area (Å²) in [6.45, 7) is 0. The van der Waals surface area contributed by atoms with Crippen molar-refractivity contribution < 1.29 is 9.15 Å². The molecule has 7 aromatic carbocycles. The second-order valence-electron chi connectivity index (χ2n) is 12.8. The van der Waals surface area contributed by atoms with Gasteiger partial charge < -0.3 is 14.1 Å². The molecule has 2 aliphatic rings. The van der Waals surface area contributed by atoms with E-state index in [0.717, 1.165) is 39.1 Å². The van der Waals surface area contributed by atoms with Crippen molar-refractivity contribution in [2.24, 2.45) is 0 Å². The first-order valence-corrected chi connectivity index (χ1v) is 16.8. The van der Waals surface area contributed by atoms with Gasteiger partial charge >= 0.3 is 0 Å². The van der Waals surface area contributed by atoms with Crippen molar-refractivity contribution in [3.63, 3.8) is 0 Å². The molecule has 3 heteroatoms. The van der Waals surface area contributed by atoms with Crippen molar-refractivity contribution in [1.82, 2.24) is 0 Å². The molecule has 0 bridgehead atoms. The molecule has 2 atom stereocenters. The van der Waals surface area contributed by atoms with Crippen molar-refractivity contribution in [3.05, 3.63) is 187 Å². The maximum absolute atomic E-state index is 6.86. The number of benzene rings is 7. The minimum Gasteiger partial charge on any atom is -0.485 e. The Morgan fingerprint density at radius 3 is 1.92 bits per heavy atom. The lowest BCUT2D eigenvalue weighted by Crippen LogP contribution is -2.29. The van der Waals surface area contributed by atoms with E-state index < -0.39 is 0 Å². The Morgan fingerprint density at radius 2 is 1.12 bits per heavy atom. The molecule has 0 saturated carbocycles. The lowest BCUT2D eigenvalue weighted by atomic mass is 9.83. The Bertz CT molecular complexity index is 2580. The highest BCUT2D eigenvalue weighted by Crippen LogP contribution is 2.53. The van der Waals surface area contributed by atoms with Gasteiger partial charge in [-0.1, -0.05) is 121 Å². The van der Waals surface area contributed by atoms with Gasteiger partial charge in [0.25, 0.3) is 0 Å². The van der Waals surface area contributed by atoms with E-state index in [2.05, 4.69) is 169 Å². The number of anilines is 2. The summed E-state index contributed by atoms with van der Waals surface area (Å²) < 4.78 is 13.1. The van der Waals surface area contributed by atoms with Crippen LogP contribution in [0.5, 0.6) is 5.75 Å². The predicted molar refractivity (Wildman–Crippen MR) is 202 cm³/mol. The number of nitrogens with zero attached hydrogens (tertiary/aromatic N) is 1. The van der Waals surface area contributed by atoms with Gasteiger partial charge in [-0.05, 0) is 87.6 Å². The molecule has 3 nitrogen and oxygen atoms in total. The van der Waals surface area contributed by atoms with Crippen molar-refractivity contribution in [2.75, 3.05) is 4.90 Å². The highest BCUT2D eigenvalue weighted by atomic mass is 16.5. The predicted octanol–water partition coefficient (Wildman–Crippen LogP) is 12.2. The quantitative estimate of drug-likeness (QED) is 0.189. The molecule has 0 N–H and O–H groups in total. The molecule has 0 spiro atoms. The molecule has 0 fully saturated rings. The normalized spacial score (nSPS) is 16.4. The van der Waals surface area contributed by atoms with Crippen LogP contribution in [0, 0.1) is 0 Å². The summed E-state index contributed by atoms with van der Waals surface area (Å²) in [5, 5.41) is 4.67. The summed E-state index contributed by atoms with van der Waals surface area (Å²) in [5.74, 6) is 0.931. The number of hydrogen-bond donors (Lipinski definition) is 0. The van der Waals surface area contributed by atoms with Gasteiger partial charge in [-0.3, -0.25) is 0 Å². The number of allylic oxidation sites excluding steroid dienone is 2. The number of furan rings is 1. The summed E-state index contributed by atoms with van der Waals surface area (Å²) in [7, 11) is 0. The van der Waals surface area contributed by atoms with Crippen molar-refractivity contribution in [1.29, 1.82) is 0 Å². The summed E-state index contributed by atoms with van der Waals surface area (Å²) in [6, 6.07) is 55.9. The smallest absolute Gasteiger partial charge is 0.135 e. The Hall–Kier alpha value is -6.32. The highest BCUT2D eigenvalue weighted by Gasteiger charge is 2.41. The second-order valence-corrected chi connectivity index (χ2v) is 12.8. The molecular weight excluding hydrogens is 599 g/mol. The van der Waals surface area contributed by atoms with E-state index in [0.29, 0.717) is 0 Å². The van der Waals surface area contributed by atoms with Gasteiger partial charge in [0.15, 0.2) is 0 Å². The third-order valence-electron chi connectivity index (χ3n) is 10.0. The fourth-order valence-electron chi connectivity index (χ4n) is 7.81. The summed E-state index contributed by atoms with van der Waals surface area (Å²) in [5.41, 5.74) is 11.1. The molecule has 0 saturated heterocycles. The van der Waals surface area contributed by atoms with E-state index in [1.807, 2.05) is 12.1 Å². The van der Waals surface area contributed by atoms with Gasteiger partial charge in [0.05, 0.1) is 5.92 Å². The average Bonchev–Trinajstić information content (AvgIpc) is 3.74. The zero-order chi connectivity index (χ0) is 32.3. The van der Waals surface area contributed by atoms with Crippen LogP contribution in [0.3, 0.4) is 0 Å². The zero-order valence-electron chi connectivity index (χ0n) is 26.7. The van der Waals surface area contributed by atoms with Gasteiger partial charge in [-0.2, -0.15) is 0 Å². The summed E-state index contributed by atoms with van der Waals surface area (Å²) in [4.78, 5) is 2.41. The van der Waals surface area contributed by atoms with E-state index in [-0.39, 0.29) is 12.0 Å². The fraction of sp³-hybridized carbons (Fsp3) is 0.0435. The van der Waals surface area contributed by atoms with Gasteiger partial charge in [-0.25, -0.2) is 0 Å². The molecule has 0 amide bonds. The maximum Gasteiger partial charge on any atom is 0.135 e. The van der Waals surface area contributed by atoms with Crippen molar-refractivity contribution in [2.45, 2.75) is 12.0 Å². The largest absolute Gasteiger partial charge is 0.485 e. The Morgan fingerprint density at radius 1 is 0.490 bits per heavy atom. The molecule has 1 aliphatic heterocycles. The van der Waals surface area contributed by atoms with E-state index in [9.17, 15) is 0 Å². The first kappa shape index (κ1) is 27.8. The van der Waals surface area contributed by atoms with Crippen LogP contribution in [0.4, 0.5) is 11.4 Å². The van der Waals surface area contributed by atoms with E-state index >= 15 is 0 Å². The van der Waals surface area contributed by atoms with Crippen LogP contribution in [-0.2, 0) is 0 Å². The Labute approximate surface area is 284 Å². The van der Waals surface area contributed by atoms with Crippen LogP contribution in [0.1, 0.15) is 11.5 Å². The minimum absolute atomic E-state index is 0.0136. The molecule has 8 aromatic rings. The standard InChI is InChI=1S/C46H31NO2/c1-3-12-30(13-4-1)31-22-24-33(25-23-31)47(34-26-27-42-39(28-34)36-17-9-10-20-41(36)48-42)40-19-11-21-43-46(40)45-37-18-8-7-16-35(37)38(29-44(45)49-43)32-14-5-2-6-15-32/h1-29,43,46H. The average molecular weight is 630 g/mol. The molecule has 2 heterocycles. The Kier molecular flexibility index (Phi) is 6.31. The van der Waals surface area contributed by atoms with E-state index in [1.54, 1.807) is 0 Å². The van der Waals surface area contributed by atoms with Crippen LogP contribution in [0.2, 0.25) is 0 Å². The lowest BCUT2D eigenvalue weighted by molar-refractivity contribution is 0.264. The van der Waals surface area contributed by atoms with Crippen molar-refractivity contribution >= 4 is 44.1 Å². The number of para-hydroxylation sites is 1. The maximum atomic E-state index is 6.86. The summed E-state index contributed by atoms with van der Waals surface area (Å²) >= 11 is 0. The van der Waals surface area contributed by atoms with Gasteiger partial charge in [0, 0.05) is 33.4 Å². The Balaban J connectivity index is 1.17. The number of hydrogen-bond acceptors (Lipinski definition) is 3. The van der Waals surface area contributed by atoms with E-state index in [4.69, 9.17) is 9.15 Å². The monoisotopic (exact) mass is 629 g/mol. The lowest BCUT2D eigenvalue weighted by Gasteiger charge is -2.34. The highest BCUT2D eigenvalue weighted by molar-refractivity contribution is 6.06. The zero-order valence-corrected chi connectivity index (χ0v) is 26.7. The molecular formula is C46H31NO2. The first-order valence-electron chi connectivity index (χ1n) is 16.8. The topological polar surface area (TPSA) is 25.6 Å².